The lowest BCUT2D eigenvalue weighted by Gasteiger charge is -2.34. The molecule has 0 saturated carbocycles. The molecule has 1 heteroatoms. The van der Waals surface area contributed by atoms with Gasteiger partial charge in [0.25, 0.3) is 0 Å². The van der Waals surface area contributed by atoms with Crippen LogP contribution in [0.4, 0.5) is 0 Å². The van der Waals surface area contributed by atoms with Crippen molar-refractivity contribution in [3.63, 3.8) is 0 Å². The Hall–Kier alpha value is -0.0400. The largest absolute Gasteiger partial charge is 0.396 e. The monoisotopic (exact) mass is 158 g/mol. The lowest BCUT2D eigenvalue weighted by molar-refractivity contribution is 0.0670. The maximum Gasteiger partial charge on any atom is 0.0484 e. The summed E-state index contributed by atoms with van der Waals surface area (Å²) in [5, 5.41) is 9.14. The van der Waals surface area contributed by atoms with E-state index in [0.29, 0.717) is 18.4 Å². The quantitative estimate of drug-likeness (QED) is 0.667. The molecule has 0 radical (unpaired) electrons. The van der Waals surface area contributed by atoms with E-state index in [4.69, 9.17) is 5.11 Å². The van der Waals surface area contributed by atoms with E-state index < -0.39 is 0 Å². The fourth-order valence-electron chi connectivity index (χ4n) is 2.04. The molecule has 0 rings (SSSR count). The zero-order chi connectivity index (χ0) is 9.07. The summed E-state index contributed by atoms with van der Waals surface area (Å²) in [5.74, 6) is 1.30. The van der Waals surface area contributed by atoms with E-state index in [0.717, 1.165) is 6.42 Å². The van der Waals surface area contributed by atoms with Crippen LogP contribution < -0.4 is 0 Å². The summed E-state index contributed by atoms with van der Waals surface area (Å²) in [4.78, 5) is 0. The summed E-state index contributed by atoms with van der Waals surface area (Å²) >= 11 is 0. The normalized spacial score (nSPS) is 15.5. The second kappa shape index (κ2) is 4.10. The molecule has 0 amide bonds. The Morgan fingerprint density at radius 3 is 1.82 bits per heavy atom. The average molecular weight is 158 g/mol. The van der Waals surface area contributed by atoms with E-state index >= 15 is 0 Å². The molecule has 1 atom stereocenters. The van der Waals surface area contributed by atoms with Crippen molar-refractivity contribution < 1.29 is 5.11 Å². The van der Waals surface area contributed by atoms with Crippen molar-refractivity contribution in [2.75, 3.05) is 6.61 Å². The third-order valence-electron chi connectivity index (χ3n) is 2.66. The van der Waals surface area contributed by atoms with Crippen LogP contribution in [0, 0.1) is 17.3 Å². The first-order valence-corrected chi connectivity index (χ1v) is 4.56. The summed E-state index contributed by atoms with van der Waals surface area (Å²) in [7, 11) is 0. The first-order chi connectivity index (χ1) is 4.95. The van der Waals surface area contributed by atoms with Gasteiger partial charge in [0.1, 0.15) is 0 Å². The third-order valence-corrected chi connectivity index (χ3v) is 2.66. The minimum Gasteiger partial charge on any atom is -0.396 e. The number of aliphatic hydroxyl groups is 1. The van der Waals surface area contributed by atoms with Gasteiger partial charge in [0.15, 0.2) is 0 Å². The Kier molecular flexibility index (Phi) is 4.09. The first-order valence-electron chi connectivity index (χ1n) is 4.56. The number of hydrogen-bond donors (Lipinski definition) is 1. The Morgan fingerprint density at radius 2 is 1.73 bits per heavy atom. The van der Waals surface area contributed by atoms with Gasteiger partial charge in [0.2, 0.25) is 0 Å². The maximum atomic E-state index is 9.14. The van der Waals surface area contributed by atoms with Gasteiger partial charge in [-0.3, -0.25) is 0 Å². The minimum atomic E-state index is 0.0862. The molecule has 0 fully saturated rings. The maximum absolute atomic E-state index is 9.14. The lowest BCUT2D eigenvalue weighted by atomic mass is 9.72. The highest BCUT2D eigenvalue weighted by molar-refractivity contribution is 4.78. The van der Waals surface area contributed by atoms with E-state index in [-0.39, 0.29) is 5.41 Å². The van der Waals surface area contributed by atoms with Gasteiger partial charge in [0.05, 0.1) is 0 Å². The van der Waals surface area contributed by atoms with Crippen LogP contribution in [0.5, 0.6) is 0 Å². The van der Waals surface area contributed by atoms with Gasteiger partial charge in [-0.25, -0.2) is 0 Å². The highest BCUT2D eigenvalue weighted by Crippen LogP contribution is 2.34. The first kappa shape index (κ1) is 11.0. The summed E-state index contributed by atoms with van der Waals surface area (Å²) in [6.07, 6.45) is 1.16. The van der Waals surface area contributed by atoms with Gasteiger partial charge in [-0.2, -0.15) is 0 Å². The number of rotatable bonds is 4. The van der Waals surface area contributed by atoms with Crippen LogP contribution in [0.15, 0.2) is 0 Å². The van der Waals surface area contributed by atoms with E-state index in [1.165, 1.54) is 0 Å². The Morgan fingerprint density at radius 1 is 1.27 bits per heavy atom. The SMILES string of the molecule is CCC(C(C)C)C(C)(C)CO. The van der Waals surface area contributed by atoms with Gasteiger partial charge in [-0.15, -0.1) is 0 Å². The molecule has 0 heterocycles. The van der Waals surface area contributed by atoms with Gasteiger partial charge < -0.3 is 5.11 Å². The van der Waals surface area contributed by atoms with E-state index in [1.807, 2.05) is 0 Å². The molecule has 0 aromatic heterocycles. The topological polar surface area (TPSA) is 20.2 Å². The molecule has 0 saturated heterocycles. The molecule has 0 spiro atoms. The van der Waals surface area contributed by atoms with Crippen molar-refractivity contribution in [2.45, 2.75) is 41.0 Å². The smallest absolute Gasteiger partial charge is 0.0484 e. The fourth-order valence-corrected chi connectivity index (χ4v) is 2.04. The predicted molar refractivity (Wildman–Crippen MR) is 49.5 cm³/mol. The summed E-state index contributed by atoms with van der Waals surface area (Å²) in [6.45, 7) is 11.2. The molecule has 1 nitrogen and oxygen atoms in total. The summed E-state index contributed by atoms with van der Waals surface area (Å²) in [5.41, 5.74) is 0.0862. The molecule has 1 N–H and O–H groups in total. The molecule has 0 aliphatic heterocycles. The number of aliphatic hydroxyl groups excluding tert-OH is 1. The van der Waals surface area contributed by atoms with Gasteiger partial charge in [0, 0.05) is 6.61 Å². The lowest BCUT2D eigenvalue weighted by Crippen LogP contribution is -2.31. The van der Waals surface area contributed by atoms with Gasteiger partial charge in [-0.1, -0.05) is 41.0 Å². The van der Waals surface area contributed by atoms with Crippen molar-refractivity contribution in [3.05, 3.63) is 0 Å². The molecule has 68 valence electrons. The van der Waals surface area contributed by atoms with Crippen LogP contribution in [0.3, 0.4) is 0 Å². The molecular formula is C10H22O. The molecule has 1 unspecified atom stereocenters. The van der Waals surface area contributed by atoms with Crippen LogP contribution in [-0.2, 0) is 0 Å². The zero-order valence-corrected chi connectivity index (χ0v) is 8.52. The van der Waals surface area contributed by atoms with Crippen molar-refractivity contribution >= 4 is 0 Å². The van der Waals surface area contributed by atoms with E-state index in [1.54, 1.807) is 0 Å². The summed E-state index contributed by atoms with van der Waals surface area (Å²) in [6, 6.07) is 0. The Bertz CT molecular complexity index is 105. The molecule has 0 aliphatic carbocycles. The van der Waals surface area contributed by atoms with Gasteiger partial charge >= 0.3 is 0 Å². The van der Waals surface area contributed by atoms with Crippen LogP contribution in [0.25, 0.3) is 0 Å². The standard InChI is InChI=1S/C10H22O/c1-6-9(8(2)3)10(4,5)7-11/h8-9,11H,6-7H2,1-5H3. The van der Waals surface area contributed by atoms with Crippen LogP contribution >= 0.6 is 0 Å². The molecule has 0 aromatic carbocycles. The second-order valence-electron chi connectivity index (χ2n) is 4.41. The molecule has 11 heavy (non-hydrogen) atoms. The fraction of sp³-hybridized carbons (Fsp3) is 1.00. The third kappa shape index (κ3) is 2.82. The van der Waals surface area contributed by atoms with Crippen molar-refractivity contribution in [1.29, 1.82) is 0 Å². The highest BCUT2D eigenvalue weighted by Gasteiger charge is 2.29. The predicted octanol–water partition coefficient (Wildman–Crippen LogP) is 2.69. The Labute approximate surface area is 70.8 Å². The molecule has 0 aliphatic rings. The minimum absolute atomic E-state index is 0.0862. The summed E-state index contributed by atoms with van der Waals surface area (Å²) < 4.78 is 0. The van der Waals surface area contributed by atoms with Gasteiger partial charge in [-0.05, 0) is 17.3 Å². The molecule has 0 aromatic rings. The van der Waals surface area contributed by atoms with Crippen molar-refractivity contribution in [1.82, 2.24) is 0 Å². The zero-order valence-electron chi connectivity index (χ0n) is 8.52. The highest BCUT2D eigenvalue weighted by atomic mass is 16.3. The second-order valence-corrected chi connectivity index (χ2v) is 4.41. The molecular weight excluding hydrogens is 136 g/mol. The van der Waals surface area contributed by atoms with Crippen molar-refractivity contribution in [3.8, 4) is 0 Å². The molecule has 0 bridgehead atoms. The van der Waals surface area contributed by atoms with E-state index in [2.05, 4.69) is 34.6 Å². The van der Waals surface area contributed by atoms with Crippen LogP contribution in [-0.4, -0.2) is 11.7 Å². The van der Waals surface area contributed by atoms with Crippen LogP contribution in [0.1, 0.15) is 41.0 Å². The van der Waals surface area contributed by atoms with E-state index in [9.17, 15) is 0 Å². The van der Waals surface area contributed by atoms with Crippen molar-refractivity contribution in [2.24, 2.45) is 17.3 Å². The number of hydrogen-bond acceptors (Lipinski definition) is 1. The Balaban J connectivity index is 4.23. The average Bonchev–Trinajstić information content (AvgIpc) is 1.88. The van der Waals surface area contributed by atoms with Crippen LogP contribution in [0.2, 0.25) is 0 Å².